The average molecular weight is 233 g/mol. The minimum absolute atomic E-state index is 0.359. The van der Waals surface area contributed by atoms with E-state index in [1.807, 2.05) is 0 Å². The molecule has 1 N–H and O–H groups in total. The van der Waals surface area contributed by atoms with Gasteiger partial charge in [-0.05, 0) is 17.0 Å². The van der Waals surface area contributed by atoms with Gasteiger partial charge in [0.2, 0.25) is 0 Å². The van der Waals surface area contributed by atoms with E-state index in [9.17, 15) is 0 Å². The van der Waals surface area contributed by atoms with Crippen LogP contribution in [0.15, 0.2) is 24.3 Å². The first-order valence-electron chi connectivity index (χ1n) is 6.46. The fraction of sp³-hybridized carbons (Fsp3) is 0.600. The van der Waals surface area contributed by atoms with Gasteiger partial charge in [0.15, 0.2) is 0 Å². The molecule has 2 rings (SSSR count). The quantitative estimate of drug-likeness (QED) is 0.844. The van der Waals surface area contributed by atoms with Crippen LogP contribution in [0.5, 0.6) is 0 Å². The van der Waals surface area contributed by atoms with Crippen molar-refractivity contribution in [2.24, 2.45) is 5.41 Å². The van der Waals surface area contributed by atoms with Crippen LogP contribution >= 0.6 is 0 Å². The third kappa shape index (κ3) is 3.30. The molecule has 0 amide bonds. The smallest absolute Gasteiger partial charge is 0.0554 e. The zero-order valence-corrected chi connectivity index (χ0v) is 11.1. The third-order valence-electron chi connectivity index (χ3n) is 3.43. The van der Waals surface area contributed by atoms with Crippen molar-refractivity contribution in [1.82, 2.24) is 5.32 Å². The zero-order valence-electron chi connectivity index (χ0n) is 11.1. The lowest BCUT2D eigenvalue weighted by atomic mass is 9.89. The number of benzene rings is 1. The molecule has 1 aliphatic heterocycles. The second-order valence-corrected chi connectivity index (χ2v) is 5.80. The van der Waals surface area contributed by atoms with Gasteiger partial charge >= 0.3 is 0 Å². The molecule has 1 aliphatic rings. The second kappa shape index (κ2) is 5.19. The minimum Gasteiger partial charge on any atom is -0.380 e. The molecular formula is C15H23NO. The molecule has 1 fully saturated rings. The Morgan fingerprint density at radius 1 is 1.24 bits per heavy atom. The van der Waals surface area contributed by atoms with Gasteiger partial charge in [0.1, 0.15) is 0 Å². The van der Waals surface area contributed by atoms with Crippen molar-refractivity contribution in [2.45, 2.75) is 33.2 Å². The van der Waals surface area contributed by atoms with E-state index in [-0.39, 0.29) is 0 Å². The van der Waals surface area contributed by atoms with Crippen molar-refractivity contribution >= 4 is 0 Å². The Hall–Kier alpha value is -0.860. The highest BCUT2D eigenvalue weighted by molar-refractivity contribution is 5.24. The van der Waals surface area contributed by atoms with E-state index in [1.54, 1.807) is 0 Å². The fourth-order valence-electron chi connectivity index (χ4n) is 2.08. The molecule has 0 atom stereocenters. The molecule has 0 aromatic heterocycles. The summed E-state index contributed by atoms with van der Waals surface area (Å²) >= 11 is 0. The van der Waals surface area contributed by atoms with Crippen LogP contribution < -0.4 is 5.32 Å². The molecule has 0 aliphatic carbocycles. The molecule has 1 aromatic carbocycles. The Morgan fingerprint density at radius 2 is 1.88 bits per heavy atom. The first kappa shape index (κ1) is 12.6. The van der Waals surface area contributed by atoms with Gasteiger partial charge < -0.3 is 10.1 Å². The Labute approximate surface area is 104 Å². The highest BCUT2D eigenvalue weighted by atomic mass is 16.5. The monoisotopic (exact) mass is 233 g/mol. The van der Waals surface area contributed by atoms with Crippen LogP contribution in [0.4, 0.5) is 0 Å². The van der Waals surface area contributed by atoms with Crippen LogP contribution in [0, 0.1) is 5.41 Å². The lowest BCUT2D eigenvalue weighted by Gasteiger charge is -2.38. The summed E-state index contributed by atoms with van der Waals surface area (Å²) in [5.74, 6) is 0.614. The molecule has 2 nitrogen and oxygen atoms in total. The first-order chi connectivity index (χ1) is 8.09. The molecule has 0 radical (unpaired) electrons. The summed E-state index contributed by atoms with van der Waals surface area (Å²) in [5.41, 5.74) is 3.13. The Balaban J connectivity index is 1.79. The lowest BCUT2D eigenvalue weighted by molar-refractivity contribution is -0.0991. The average Bonchev–Trinajstić information content (AvgIpc) is 2.27. The summed E-state index contributed by atoms with van der Waals surface area (Å²) < 4.78 is 5.24. The topological polar surface area (TPSA) is 21.3 Å². The molecular weight excluding hydrogens is 210 g/mol. The van der Waals surface area contributed by atoms with E-state index in [0.29, 0.717) is 11.3 Å². The number of hydrogen-bond donors (Lipinski definition) is 1. The van der Waals surface area contributed by atoms with Gasteiger partial charge in [0, 0.05) is 18.5 Å². The number of hydrogen-bond acceptors (Lipinski definition) is 2. The van der Waals surface area contributed by atoms with Crippen molar-refractivity contribution in [2.75, 3.05) is 19.8 Å². The molecule has 0 spiro atoms. The number of rotatable bonds is 5. The van der Waals surface area contributed by atoms with E-state index in [2.05, 4.69) is 50.4 Å². The maximum atomic E-state index is 5.24. The van der Waals surface area contributed by atoms with Gasteiger partial charge in [-0.3, -0.25) is 0 Å². The second-order valence-electron chi connectivity index (χ2n) is 5.80. The van der Waals surface area contributed by atoms with E-state index < -0.39 is 0 Å². The summed E-state index contributed by atoms with van der Waals surface area (Å²) in [6.07, 6.45) is 0. The molecule has 1 aromatic rings. The standard InChI is InChI=1S/C15H23NO/c1-12(2)14-6-4-13(5-7-14)8-16-9-15(3)10-17-11-15/h4-7,12,16H,8-11H2,1-3H3. The highest BCUT2D eigenvalue weighted by Gasteiger charge is 2.32. The fourth-order valence-corrected chi connectivity index (χ4v) is 2.08. The van der Waals surface area contributed by atoms with E-state index >= 15 is 0 Å². The van der Waals surface area contributed by atoms with Crippen LogP contribution in [0.25, 0.3) is 0 Å². The first-order valence-corrected chi connectivity index (χ1v) is 6.46. The molecule has 0 bridgehead atoms. The van der Waals surface area contributed by atoms with Gasteiger partial charge in [-0.25, -0.2) is 0 Å². The van der Waals surface area contributed by atoms with Crippen LogP contribution in [0.2, 0.25) is 0 Å². The predicted octanol–water partition coefficient (Wildman–Crippen LogP) is 2.94. The predicted molar refractivity (Wildman–Crippen MR) is 71.2 cm³/mol. The SMILES string of the molecule is CC(C)c1ccc(CNCC2(C)COC2)cc1. The molecule has 1 heterocycles. The zero-order chi connectivity index (χ0) is 12.3. The summed E-state index contributed by atoms with van der Waals surface area (Å²) in [7, 11) is 0. The van der Waals surface area contributed by atoms with Gasteiger partial charge in [0.05, 0.1) is 13.2 Å². The molecule has 2 heteroatoms. The van der Waals surface area contributed by atoms with Crippen molar-refractivity contribution in [3.05, 3.63) is 35.4 Å². The van der Waals surface area contributed by atoms with Crippen LogP contribution in [0.3, 0.4) is 0 Å². The number of nitrogens with one attached hydrogen (secondary N) is 1. The highest BCUT2D eigenvalue weighted by Crippen LogP contribution is 2.25. The summed E-state index contributed by atoms with van der Waals surface area (Å²) in [6, 6.07) is 8.91. The number of ether oxygens (including phenoxy) is 1. The molecule has 0 unspecified atom stereocenters. The summed E-state index contributed by atoms with van der Waals surface area (Å²) in [6.45, 7) is 10.5. The van der Waals surface area contributed by atoms with Gasteiger partial charge in [-0.1, -0.05) is 45.0 Å². The largest absolute Gasteiger partial charge is 0.380 e. The Bertz CT molecular complexity index is 352. The van der Waals surface area contributed by atoms with Crippen molar-refractivity contribution in [3.8, 4) is 0 Å². The summed E-state index contributed by atoms with van der Waals surface area (Å²) in [4.78, 5) is 0. The summed E-state index contributed by atoms with van der Waals surface area (Å²) in [5, 5.41) is 3.51. The molecule has 0 saturated carbocycles. The van der Waals surface area contributed by atoms with Crippen LogP contribution in [-0.4, -0.2) is 19.8 Å². The maximum absolute atomic E-state index is 5.24. The lowest BCUT2D eigenvalue weighted by Crippen LogP contribution is -2.47. The van der Waals surface area contributed by atoms with Crippen molar-refractivity contribution < 1.29 is 4.74 Å². The van der Waals surface area contributed by atoms with Crippen molar-refractivity contribution in [3.63, 3.8) is 0 Å². The minimum atomic E-state index is 0.359. The van der Waals surface area contributed by atoms with Gasteiger partial charge in [-0.15, -0.1) is 0 Å². The van der Waals surface area contributed by atoms with Crippen LogP contribution in [0.1, 0.15) is 37.8 Å². The Morgan fingerprint density at radius 3 is 2.35 bits per heavy atom. The van der Waals surface area contributed by atoms with E-state index in [4.69, 9.17) is 4.74 Å². The molecule has 94 valence electrons. The maximum Gasteiger partial charge on any atom is 0.0554 e. The van der Waals surface area contributed by atoms with Gasteiger partial charge in [0.25, 0.3) is 0 Å². The molecule has 17 heavy (non-hydrogen) atoms. The molecule has 1 saturated heterocycles. The van der Waals surface area contributed by atoms with Crippen LogP contribution in [-0.2, 0) is 11.3 Å². The van der Waals surface area contributed by atoms with Crippen molar-refractivity contribution in [1.29, 1.82) is 0 Å². The third-order valence-corrected chi connectivity index (χ3v) is 3.43. The van der Waals surface area contributed by atoms with E-state index in [1.165, 1.54) is 11.1 Å². The normalized spacial score (nSPS) is 18.1. The Kier molecular flexibility index (Phi) is 3.85. The van der Waals surface area contributed by atoms with Gasteiger partial charge in [-0.2, -0.15) is 0 Å². The van der Waals surface area contributed by atoms with E-state index in [0.717, 1.165) is 26.3 Å².